The first kappa shape index (κ1) is 10.2. The van der Waals surface area contributed by atoms with Gasteiger partial charge >= 0.3 is 0 Å². The first-order valence-corrected chi connectivity index (χ1v) is 4.61. The average Bonchev–Trinajstić information content (AvgIpc) is 2.17. The molecule has 0 saturated carbocycles. The van der Waals surface area contributed by atoms with Gasteiger partial charge < -0.3 is 10.8 Å². The van der Waals surface area contributed by atoms with E-state index in [1.165, 1.54) is 0 Å². The molecular formula is C11H17NO. The Morgan fingerprint density at radius 2 is 1.69 bits per heavy atom. The number of hydrogen-bond acceptors (Lipinski definition) is 2. The van der Waals surface area contributed by atoms with Crippen LogP contribution in [-0.4, -0.2) is 17.3 Å². The highest BCUT2D eigenvalue weighted by Crippen LogP contribution is 2.19. The molecule has 0 heterocycles. The van der Waals surface area contributed by atoms with Crippen molar-refractivity contribution in [1.29, 1.82) is 0 Å². The summed E-state index contributed by atoms with van der Waals surface area (Å²) >= 11 is 0. The van der Waals surface area contributed by atoms with Crippen molar-refractivity contribution in [2.75, 3.05) is 0 Å². The van der Waals surface area contributed by atoms with E-state index in [1.807, 2.05) is 44.2 Å². The quantitative estimate of drug-likeness (QED) is 0.738. The molecule has 1 rings (SSSR count). The van der Waals surface area contributed by atoms with E-state index in [2.05, 4.69) is 0 Å². The topological polar surface area (TPSA) is 46.2 Å². The maximum Gasteiger partial charge on any atom is 0.0754 e. The first-order valence-electron chi connectivity index (χ1n) is 4.61. The monoisotopic (exact) mass is 179 g/mol. The molecule has 0 aliphatic rings. The van der Waals surface area contributed by atoms with Gasteiger partial charge in [-0.1, -0.05) is 37.3 Å². The molecular weight excluding hydrogens is 162 g/mol. The van der Waals surface area contributed by atoms with E-state index in [9.17, 15) is 5.11 Å². The Bertz CT molecular complexity index is 246. The lowest BCUT2D eigenvalue weighted by Crippen LogP contribution is -2.35. The molecule has 2 heteroatoms. The van der Waals surface area contributed by atoms with Crippen LogP contribution in [0.2, 0.25) is 0 Å². The number of nitrogens with two attached hydrogens (primary N) is 1. The van der Waals surface area contributed by atoms with Crippen molar-refractivity contribution in [1.82, 2.24) is 0 Å². The predicted molar refractivity (Wildman–Crippen MR) is 54.5 cm³/mol. The van der Waals surface area contributed by atoms with Gasteiger partial charge in [-0.05, 0) is 12.5 Å². The zero-order valence-electron chi connectivity index (χ0n) is 8.14. The summed E-state index contributed by atoms with van der Waals surface area (Å²) in [6.07, 6.45) is -0.470. The highest BCUT2D eigenvalue weighted by atomic mass is 16.3. The van der Waals surface area contributed by atoms with Crippen LogP contribution in [0.4, 0.5) is 0 Å². The van der Waals surface area contributed by atoms with Crippen molar-refractivity contribution in [3.63, 3.8) is 0 Å². The Labute approximate surface area is 79.4 Å². The lowest BCUT2D eigenvalue weighted by molar-refractivity contribution is 0.127. The van der Waals surface area contributed by atoms with Gasteiger partial charge in [0.1, 0.15) is 0 Å². The minimum Gasteiger partial charge on any atom is -0.391 e. The van der Waals surface area contributed by atoms with E-state index in [0.29, 0.717) is 0 Å². The summed E-state index contributed by atoms with van der Waals surface area (Å²) in [5.41, 5.74) is 6.76. The number of hydrogen-bond donors (Lipinski definition) is 2. The number of rotatable bonds is 3. The number of aliphatic hydroxyl groups is 1. The van der Waals surface area contributed by atoms with Gasteiger partial charge in [0.05, 0.1) is 6.10 Å². The van der Waals surface area contributed by atoms with E-state index in [1.54, 1.807) is 0 Å². The van der Waals surface area contributed by atoms with E-state index in [0.717, 1.165) is 5.56 Å². The number of benzene rings is 1. The Kier molecular flexibility index (Phi) is 3.46. The molecule has 0 unspecified atom stereocenters. The molecule has 0 aliphatic heterocycles. The lowest BCUT2D eigenvalue weighted by atomic mass is 9.92. The zero-order valence-corrected chi connectivity index (χ0v) is 8.14. The zero-order chi connectivity index (χ0) is 9.84. The molecule has 0 saturated heterocycles. The summed E-state index contributed by atoms with van der Waals surface area (Å²) in [6.45, 7) is 3.81. The Morgan fingerprint density at radius 1 is 1.15 bits per heavy atom. The van der Waals surface area contributed by atoms with Crippen molar-refractivity contribution in [2.24, 2.45) is 5.73 Å². The van der Waals surface area contributed by atoms with Crippen LogP contribution in [0, 0.1) is 0 Å². The fraction of sp³-hybridized carbons (Fsp3) is 0.455. The summed E-state index contributed by atoms with van der Waals surface area (Å²) in [6, 6.07) is 9.75. The second kappa shape index (κ2) is 4.40. The van der Waals surface area contributed by atoms with E-state index < -0.39 is 6.10 Å². The second-order valence-electron chi connectivity index (χ2n) is 3.55. The smallest absolute Gasteiger partial charge is 0.0754 e. The van der Waals surface area contributed by atoms with Crippen LogP contribution >= 0.6 is 0 Å². The van der Waals surface area contributed by atoms with Crippen LogP contribution in [0.3, 0.4) is 0 Å². The third kappa shape index (κ3) is 2.54. The third-order valence-electron chi connectivity index (χ3n) is 2.38. The first-order chi connectivity index (χ1) is 6.13. The van der Waals surface area contributed by atoms with Crippen LogP contribution < -0.4 is 5.73 Å². The highest BCUT2D eigenvalue weighted by molar-refractivity contribution is 5.20. The Morgan fingerprint density at radius 3 is 2.15 bits per heavy atom. The average molecular weight is 179 g/mol. The third-order valence-corrected chi connectivity index (χ3v) is 2.38. The van der Waals surface area contributed by atoms with E-state index in [-0.39, 0.29) is 12.0 Å². The summed E-state index contributed by atoms with van der Waals surface area (Å²) in [7, 11) is 0. The summed E-state index contributed by atoms with van der Waals surface area (Å²) in [5.74, 6) is 0.0983. The van der Waals surface area contributed by atoms with Gasteiger partial charge in [-0.2, -0.15) is 0 Å². The molecule has 0 aromatic heterocycles. The standard InChI is InChI=1S/C11H17NO/c1-8(11(13)9(2)12)10-6-4-3-5-7-10/h3-9,11,13H,12H2,1-2H3/t8-,9+,11-/m1/s1. The van der Waals surface area contributed by atoms with Crippen LogP contribution in [0.5, 0.6) is 0 Å². The van der Waals surface area contributed by atoms with Crippen LogP contribution in [0.25, 0.3) is 0 Å². The fourth-order valence-corrected chi connectivity index (χ4v) is 1.41. The minimum absolute atomic E-state index is 0.0983. The largest absolute Gasteiger partial charge is 0.391 e. The van der Waals surface area contributed by atoms with Crippen LogP contribution in [0.15, 0.2) is 30.3 Å². The molecule has 0 bridgehead atoms. The molecule has 3 atom stereocenters. The molecule has 0 spiro atoms. The summed E-state index contributed by atoms with van der Waals surface area (Å²) < 4.78 is 0. The maximum atomic E-state index is 9.72. The highest BCUT2D eigenvalue weighted by Gasteiger charge is 2.19. The Hall–Kier alpha value is -0.860. The molecule has 72 valence electrons. The molecule has 0 aliphatic carbocycles. The van der Waals surface area contributed by atoms with Crippen molar-refractivity contribution < 1.29 is 5.11 Å². The van der Waals surface area contributed by atoms with Crippen molar-refractivity contribution >= 4 is 0 Å². The van der Waals surface area contributed by atoms with Crippen molar-refractivity contribution in [3.05, 3.63) is 35.9 Å². The van der Waals surface area contributed by atoms with Crippen molar-refractivity contribution in [3.8, 4) is 0 Å². The van der Waals surface area contributed by atoms with E-state index in [4.69, 9.17) is 5.73 Å². The SMILES string of the molecule is C[C@H](N)[C@H](O)[C@H](C)c1ccccc1. The predicted octanol–water partition coefficient (Wildman–Crippen LogP) is 1.50. The van der Waals surface area contributed by atoms with Gasteiger partial charge in [-0.15, -0.1) is 0 Å². The van der Waals surface area contributed by atoms with Crippen molar-refractivity contribution in [2.45, 2.75) is 31.9 Å². The van der Waals surface area contributed by atoms with Crippen LogP contribution in [0.1, 0.15) is 25.3 Å². The molecule has 3 N–H and O–H groups in total. The molecule has 0 radical (unpaired) electrons. The van der Waals surface area contributed by atoms with Crippen LogP contribution in [-0.2, 0) is 0 Å². The molecule has 1 aromatic carbocycles. The van der Waals surface area contributed by atoms with Gasteiger partial charge in [0.15, 0.2) is 0 Å². The summed E-state index contributed by atoms with van der Waals surface area (Å²) in [5, 5.41) is 9.72. The maximum absolute atomic E-state index is 9.72. The molecule has 0 amide bonds. The lowest BCUT2D eigenvalue weighted by Gasteiger charge is -2.22. The van der Waals surface area contributed by atoms with Gasteiger partial charge in [-0.25, -0.2) is 0 Å². The van der Waals surface area contributed by atoms with Gasteiger partial charge in [0.2, 0.25) is 0 Å². The second-order valence-corrected chi connectivity index (χ2v) is 3.55. The number of aliphatic hydroxyl groups excluding tert-OH is 1. The van der Waals surface area contributed by atoms with E-state index >= 15 is 0 Å². The molecule has 0 fully saturated rings. The Balaban J connectivity index is 2.73. The van der Waals surface area contributed by atoms with Gasteiger partial charge in [0, 0.05) is 12.0 Å². The summed E-state index contributed by atoms with van der Waals surface area (Å²) in [4.78, 5) is 0. The van der Waals surface area contributed by atoms with Gasteiger partial charge in [0.25, 0.3) is 0 Å². The van der Waals surface area contributed by atoms with Gasteiger partial charge in [-0.3, -0.25) is 0 Å². The normalized spacial score (nSPS) is 17.8. The molecule has 2 nitrogen and oxygen atoms in total. The molecule has 1 aromatic rings. The molecule has 13 heavy (non-hydrogen) atoms. The minimum atomic E-state index is -0.470. The fourth-order valence-electron chi connectivity index (χ4n) is 1.41.